The average Bonchev–Trinajstić information content (AvgIpc) is 3.09. The van der Waals surface area contributed by atoms with Crippen LogP contribution in [0.25, 0.3) is 0 Å². The second kappa shape index (κ2) is 14.9. The molecule has 1 unspecified atom stereocenters. The highest BCUT2D eigenvalue weighted by molar-refractivity contribution is 14.0. The van der Waals surface area contributed by atoms with Crippen LogP contribution in [0.4, 0.5) is 0 Å². The Hall–Kier alpha value is -0.380. The van der Waals surface area contributed by atoms with Gasteiger partial charge in [-0.1, -0.05) is 13.8 Å². The summed E-state index contributed by atoms with van der Waals surface area (Å²) < 4.78 is 5.09. The van der Waals surface area contributed by atoms with Crippen molar-refractivity contribution in [2.45, 2.75) is 33.2 Å². The third-order valence-corrected chi connectivity index (χ3v) is 4.47. The van der Waals surface area contributed by atoms with Crippen LogP contribution in [-0.2, 0) is 4.74 Å². The van der Waals surface area contributed by atoms with Gasteiger partial charge < -0.3 is 15.4 Å². The molecule has 0 bridgehead atoms. The molecule has 7 heteroatoms. The molecule has 0 saturated carbocycles. The van der Waals surface area contributed by atoms with E-state index in [0.29, 0.717) is 6.04 Å². The highest BCUT2D eigenvalue weighted by Gasteiger charge is 2.18. The number of ether oxygens (including phenoxy) is 1. The van der Waals surface area contributed by atoms with E-state index in [-0.39, 0.29) is 24.0 Å². The molecule has 0 saturated heterocycles. The molecule has 5 nitrogen and oxygen atoms in total. The van der Waals surface area contributed by atoms with E-state index >= 15 is 0 Å². The van der Waals surface area contributed by atoms with Gasteiger partial charge in [-0.3, -0.25) is 9.89 Å². The Morgan fingerprint density at radius 1 is 1.29 bits per heavy atom. The van der Waals surface area contributed by atoms with Gasteiger partial charge in [0.15, 0.2) is 5.96 Å². The summed E-state index contributed by atoms with van der Waals surface area (Å²) in [6.45, 7) is 11.8. The third-order valence-electron chi connectivity index (χ3n) is 3.77. The van der Waals surface area contributed by atoms with E-state index in [9.17, 15) is 0 Å². The summed E-state index contributed by atoms with van der Waals surface area (Å²) in [6.07, 6.45) is 0.977. The van der Waals surface area contributed by atoms with Crippen LogP contribution in [-0.4, -0.2) is 57.3 Å². The largest absolute Gasteiger partial charge is 0.385 e. The summed E-state index contributed by atoms with van der Waals surface area (Å²) in [5, 5.41) is 11.1. The van der Waals surface area contributed by atoms with E-state index < -0.39 is 0 Å². The molecule has 140 valence electrons. The van der Waals surface area contributed by atoms with Gasteiger partial charge in [0.1, 0.15) is 0 Å². The number of hydrogen-bond acceptors (Lipinski definition) is 4. The predicted molar refractivity (Wildman–Crippen MR) is 116 cm³/mol. The standard InChI is InChI=1S/C17H32N4OS.HI/c1-5-18-17(19-10-8-11-22-4)20-13-16(21(6-2)7-3)15-9-12-23-14-15;/h9,12,14,16H,5-8,10-11,13H2,1-4H3,(H2,18,19,20);1H. The first kappa shape index (κ1) is 23.6. The molecule has 1 aromatic heterocycles. The van der Waals surface area contributed by atoms with E-state index in [0.717, 1.165) is 51.7 Å². The Bertz CT molecular complexity index is 424. The maximum atomic E-state index is 5.09. The van der Waals surface area contributed by atoms with Crippen LogP contribution >= 0.6 is 35.3 Å². The smallest absolute Gasteiger partial charge is 0.191 e. The van der Waals surface area contributed by atoms with Gasteiger partial charge in [0.2, 0.25) is 0 Å². The van der Waals surface area contributed by atoms with Gasteiger partial charge in [-0.05, 0) is 48.8 Å². The molecule has 1 heterocycles. The lowest BCUT2D eigenvalue weighted by molar-refractivity contribution is 0.195. The zero-order chi connectivity index (χ0) is 16.9. The molecule has 0 amide bonds. The lowest BCUT2D eigenvalue weighted by atomic mass is 10.1. The lowest BCUT2D eigenvalue weighted by Gasteiger charge is -2.28. The van der Waals surface area contributed by atoms with E-state index in [4.69, 9.17) is 9.73 Å². The van der Waals surface area contributed by atoms with Crippen molar-refractivity contribution in [3.63, 3.8) is 0 Å². The van der Waals surface area contributed by atoms with Gasteiger partial charge in [0, 0.05) is 26.8 Å². The van der Waals surface area contributed by atoms with Gasteiger partial charge in [0.25, 0.3) is 0 Å². The summed E-state index contributed by atoms with van der Waals surface area (Å²) in [4.78, 5) is 7.26. The zero-order valence-corrected chi connectivity index (χ0v) is 18.5. The highest BCUT2D eigenvalue weighted by atomic mass is 127. The SMILES string of the molecule is CCNC(=NCC(c1ccsc1)N(CC)CC)NCCCOC.I. The van der Waals surface area contributed by atoms with Crippen LogP contribution in [0.5, 0.6) is 0 Å². The van der Waals surface area contributed by atoms with Crippen LogP contribution in [0.1, 0.15) is 38.8 Å². The van der Waals surface area contributed by atoms with Crippen molar-refractivity contribution >= 4 is 41.3 Å². The maximum Gasteiger partial charge on any atom is 0.191 e. The quantitative estimate of drug-likeness (QED) is 0.226. The topological polar surface area (TPSA) is 48.9 Å². The molecule has 0 aromatic carbocycles. The summed E-state index contributed by atoms with van der Waals surface area (Å²) in [6, 6.07) is 2.55. The van der Waals surface area contributed by atoms with Crippen LogP contribution < -0.4 is 10.6 Å². The van der Waals surface area contributed by atoms with Gasteiger partial charge >= 0.3 is 0 Å². The Labute approximate surface area is 168 Å². The Morgan fingerprint density at radius 2 is 2.04 bits per heavy atom. The molecule has 0 aliphatic carbocycles. The minimum absolute atomic E-state index is 0. The van der Waals surface area contributed by atoms with Crippen molar-refractivity contribution in [3.05, 3.63) is 22.4 Å². The molecule has 2 N–H and O–H groups in total. The molecule has 1 atom stereocenters. The Morgan fingerprint density at radius 3 is 2.58 bits per heavy atom. The second-order valence-electron chi connectivity index (χ2n) is 5.29. The van der Waals surface area contributed by atoms with Crippen molar-refractivity contribution in [1.29, 1.82) is 0 Å². The number of thiophene rings is 1. The maximum absolute atomic E-state index is 5.09. The number of nitrogens with one attached hydrogen (secondary N) is 2. The molecule has 0 radical (unpaired) electrons. The molecular formula is C17H33IN4OS. The van der Waals surface area contributed by atoms with E-state index in [1.807, 2.05) is 0 Å². The summed E-state index contributed by atoms with van der Waals surface area (Å²) >= 11 is 1.75. The van der Waals surface area contributed by atoms with Crippen LogP contribution in [0, 0.1) is 0 Å². The second-order valence-corrected chi connectivity index (χ2v) is 6.07. The predicted octanol–water partition coefficient (Wildman–Crippen LogP) is 3.34. The molecule has 0 spiro atoms. The number of hydrogen-bond donors (Lipinski definition) is 2. The number of likely N-dealkylation sites (N-methyl/N-ethyl adjacent to an activating group) is 1. The molecule has 1 aromatic rings. The fourth-order valence-electron chi connectivity index (χ4n) is 2.50. The summed E-state index contributed by atoms with van der Waals surface area (Å²) in [7, 11) is 1.73. The fourth-order valence-corrected chi connectivity index (χ4v) is 3.21. The zero-order valence-electron chi connectivity index (χ0n) is 15.4. The molecule has 1 rings (SSSR count). The summed E-state index contributed by atoms with van der Waals surface area (Å²) in [5.41, 5.74) is 1.36. The van der Waals surface area contributed by atoms with E-state index in [1.165, 1.54) is 5.56 Å². The van der Waals surface area contributed by atoms with Crippen LogP contribution in [0.3, 0.4) is 0 Å². The fraction of sp³-hybridized carbons (Fsp3) is 0.706. The Kier molecular flexibility index (Phi) is 14.7. The van der Waals surface area contributed by atoms with Gasteiger partial charge in [-0.15, -0.1) is 24.0 Å². The Balaban J connectivity index is 0.00000529. The third kappa shape index (κ3) is 8.64. The van der Waals surface area contributed by atoms with Crippen molar-refractivity contribution in [2.24, 2.45) is 4.99 Å². The lowest BCUT2D eigenvalue weighted by Crippen LogP contribution is -2.39. The highest BCUT2D eigenvalue weighted by Crippen LogP contribution is 2.23. The monoisotopic (exact) mass is 468 g/mol. The van der Waals surface area contributed by atoms with Gasteiger partial charge in [-0.2, -0.15) is 11.3 Å². The van der Waals surface area contributed by atoms with Crippen molar-refractivity contribution in [1.82, 2.24) is 15.5 Å². The minimum Gasteiger partial charge on any atom is -0.385 e. The van der Waals surface area contributed by atoms with Gasteiger partial charge in [0.05, 0.1) is 12.6 Å². The van der Waals surface area contributed by atoms with Crippen molar-refractivity contribution in [2.75, 3.05) is 46.4 Å². The van der Waals surface area contributed by atoms with E-state index in [1.54, 1.807) is 18.4 Å². The molecular weight excluding hydrogens is 435 g/mol. The minimum atomic E-state index is 0. The number of rotatable bonds is 11. The van der Waals surface area contributed by atoms with Crippen molar-refractivity contribution in [3.8, 4) is 0 Å². The van der Waals surface area contributed by atoms with Crippen molar-refractivity contribution < 1.29 is 4.74 Å². The number of methoxy groups -OCH3 is 1. The first-order valence-corrected chi connectivity index (χ1v) is 9.48. The van der Waals surface area contributed by atoms with E-state index in [2.05, 4.69) is 53.1 Å². The van der Waals surface area contributed by atoms with Gasteiger partial charge in [-0.25, -0.2) is 0 Å². The summed E-state index contributed by atoms with van der Waals surface area (Å²) in [5.74, 6) is 0.885. The number of aliphatic imine (C=N–C) groups is 1. The number of nitrogens with zero attached hydrogens (tertiary/aromatic N) is 2. The molecule has 0 fully saturated rings. The normalized spacial score (nSPS) is 12.8. The molecule has 0 aliphatic heterocycles. The number of guanidine groups is 1. The van der Waals surface area contributed by atoms with Crippen LogP contribution in [0.2, 0.25) is 0 Å². The van der Waals surface area contributed by atoms with Crippen LogP contribution in [0.15, 0.2) is 21.8 Å². The first-order valence-electron chi connectivity index (χ1n) is 8.53. The number of halogens is 1. The molecule has 24 heavy (non-hydrogen) atoms. The first-order chi connectivity index (χ1) is 11.3. The average molecular weight is 468 g/mol. The molecule has 0 aliphatic rings.